The lowest BCUT2D eigenvalue weighted by molar-refractivity contribution is -0.138. The van der Waals surface area contributed by atoms with Crippen LogP contribution in [-0.4, -0.2) is 27.3 Å². The molecule has 102 valence electrons. The Kier molecular flexibility index (Phi) is 3.76. The Labute approximate surface area is 107 Å². The van der Waals surface area contributed by atoms with E-state index in [1.54, 1.807) is 0 Å². The van der Waals surface area contributed by atoms with E-state index in [-0.39, 0.29) is 17.2 Å². The van der Waals surface area contributed by atoms with E-state index in [2.05, 4.69) is 15.6 Å². The summed E-state index contributed by atoms with van der Waals surface area (Å²) in [7, 11) is 0. The SMILES string of the molecule is CC1CCCC(C)N1Nc1nnc(C(F)(F)F)s1. The van der Waals surface area contributed by atoms with Gasteiger partial charge in [-0.15, -0.1) is 10.2 Å². The molecule has 2 unspecified atom stereocenters. The van der Waals surface area contributed by atoms with Crippen molar-refractivity contribution in [2.75, 3.05) is 5.43 Å². The monoisotopic (exact) mass is 280 g/mol. The van der Waals surface area contributed by atoms with E-state index < -0.39 is 11.2 Å². The van der Waals surface area contributed by atoms with E-state index in [9.17, 15) is 13.2 Å². The number of nitrogens with zero attached hydrogens (tertiary/aromatic N) is 3. The summed E-state index contributed by atoms with van der Waals surface area (Å²) in [6.45, 7) is 4.10. The van der Waals surface area contributed by atoms with Gasteiger partial charge in [-0.05, 0) is 26.7 Å². The molecule has 2 atom stereocenters. The lowest BCUT2D eigenvalue weighted by atomic mass is 10.00. The molecule has 0 spiro atoms. The molecule has 0 saturated carbocycles. The quantitative estimate of drug-likeness (QED) is 0.903. The number of aromatic nitrogens is 2. The van der Waals surface area contributed by atoms with Gasteiger partial charge in [0.2, 0.25) is 10.1 Å². The Balaban J connectivity index is 2.06. The predicted octanol–water partition coefficient (Wildman–Crippen LogP) is 3.15. The van der Waals surface area contributed by atoms with E-state index in [1.807, 2.05) is 18.9 Å². The third-order valence-electron chi connectivity index (χ3n) is 3.09. The Morgan fingerprint density at radius 2 is 1.83 bits per heavy atom. The normalized spacial score (nSPS) is 26.3. The molecule has 1 aromatic heterocycles. The first-order valence-corrected chi connectivity index (χ1v) is 6.65. The summed E-state index contributed by atoms with van der Waals surface area (Å²) in [6.07, 6.45) is -1.22. The first-order valence-electron chi connectivity index (χ1n) is 5.83. The van der Waals surface area contributed by atoms with E-state index in [0.29, 0.717) is 11.3 Å². The molecule has 1 N–H and O–H groups in total. The fourth-order valence-corrected chi connectivity index (χ4v) is 2.75. The summed E-state index contributed by atoms with van der Waals surface area (Å²) in [6, 6.07) is 0.568. The molecule has 18 heavy (non-hydrogen) atoms. The summed E-state index contributed by atoms with van der Waals surface area (Å²) in [5, 5.41) is 7.94. The van der Waals surface area contributed by atoms with Gasteiger partial charge in [0.15, 0.2) is 0 Å². The maximum absolute atomic E-state index is 12.4. The van der Waals surface area contributed by atoms with Crippen molar-refractivity contribution in [3.8, 4) is 0 Å². The number of halogens is 3. The van der Waals surface area contributed by atoms with Crippen LogP contribution in [0.3, 0.4) is 0 Å². The van der Waals surface area contributed by atoms with Crippen molar-refractivity contribution in [3.05, 3.63) is 5.01 Å². The fraction of sp³-hybridized carbons (Fsp3) is 0.800. The Morgan fingerprint density at radius 3 is 2.33 bits per heavy atom. The number of nitrogens with one attached hydrogen (secondary N) is 1. The van der Waals surface area contributed by atoms with Gasteiger partial charge in [0.25, 0.3) is 0 Å². The third-order valence-corrected chi connectivity index (χ3v) is 3.96. The van der Waals surface area contributed by atoms with Crippen molar-refractivity contribution in [2.24, 2.45) is 0 Å². The van der Waals surface area contributed by atoms with Crippen LogP contribution in [0.4, 0.5) is 18.3 Å². The van der Waals surface area contributed by atoms with Crippen molar-refractivity contribution >= 4 is 16.5 Å². The van der Waals surface area contributed by atoms with Crippen LogP contribution in [-0.2, 0) is 6.18 Å². The highest BCUT2D eigenvalue weighted by atomic mass is 32.1. The molecule has 1 aliphatic rings. The average molecular weight is 280 g/mol. The summed E-state index contributed by atoms with van der Waals surface area (Å²) < 4.78 is 37.2. The van der Waals surface area contributed by atoms with Crippen LogP contribution in [0, 0.1) is 0 Å². The molecule has 1 aliphatic heterocycles. The molecule has 0 amide bonds. The fourth-order valence-electron chi connectivity index (χ4n) is 2.14. The zero-order chi connectivity index (χ0) is 13.3. The predicted molar refractivity (Wildman–Crippen MR) is 63.1 cm³/mol. The van der Waals surface area contributed by atoms with Crippen LogP contribution in [0.1, 0.15) is 38.1 Å². The van der Waals surface area contributed by atoms with E-state index in [0.717, 1.165) is 19.3 Å². The molecular weight excluding hydrogens is 265 g/mol. The molecule has 1 saturated heterocycles. The maximum atomic E-state index is 12.4. The lowest BCUT2D eigenvalue weighted by Crippen LogP contribution is -2.47. The van der Waals surface area contributed by atoms with Gasteiger partial charge >= 0.3 is 6.18 Å². The van der Waals surface area contributed by atoms with Crippen molar-refractivity contribution in [1.29, 1.82) is 0 Å². The van der Waals surface area contributed by atoms with Gasteiger partial charge in [-0.25, -0.2) is 5.01 Å². The van der Waals surface area contributed by atoms with Gasteiger partial charge in [0, 0.05) is 12.1 Å². The van der Waals surface area contributed by atoms with Crippen LogP contribution < -0.4 is 5.43 Å². The molecule has 0 bridgehead atoms. The van der Waals surface area contributed by atoms with Gasteiger partial charge in [-0.3, -0.25) is 5.43 Å². The first-order chi connectivity index (χ1) is 8.38. The van der Waals surface area contributed by atoms with Crippen molar-refractivity contribution < 1.29 is 13.2 Å². The zero-order valence-electron chi connectivity index (χ0n) is 10.2. The number of hydrogen-bond acceptors (Lipinski definition) is 5. The Morgan fingerprint density at radius 1 is 1.22 bits per heavy atom. The topological polar surface area (TPSA) is 41.0 Å². The minimum absolute atomic E-state index is 0.197. The van der Waals surface area contributed by atoms with Crippen LogP contribution in [0.15, 0.2) is 0 Å². The maximum Gasteiger partial charge on any atom is 0.445 e. The van der Waals surface area contributed by atoms with Crippen LogP contribution in [0.5, 0.6) is 0 Å². The number of piperidine rings is 1. The zero-order valence-corrected chi connectivity index (χ0v) is 11.0. The third kappa shape index (κ3) is 2.92. The summed E-state index contributed by atoms with van der Waals surface area (Å²) in [5.74, 6) is 0. The molecule has 0 radical (unpaired) electrons. The second-order valence-corrected chi connectivity index (χ2v) is 5.54. The number of hydrazine groups is 1. The van der Waals surface area contributed by atoms with E-state index in [1.165, 1.54) is 0 Å². The second kappa shape index (κ2) is 5.00. The largest absolute Gasteiger partial charge is 0.445 e. The molecule has 0 aromatic carbocycles. The molecule has 2 heterocycles. The number of hydrogen-bond donors (Lipinski definition) is 1. The second-order valence-electron chi connectivity index (χ2n) is 4.56. The van der Waals surface area contributed by atoms with Gasteiger partial charge in [0.05, 0.1) is 0 Å². The van der Waals surface area contributed by atoms with Crippen LogP contribution in [0.2, 0.25) is 0 Å². The molecule has 0 aliphatic carbocycles. The van der Waals surface area contributed by atoms with Crippen LogP contribution >= 0.6 is 11.3 Å². The molecule has 8 heteroatoms. The smallest absolute Gasteiger partial charge is 0.292 e. The molecular formula is C10H15F3N4S. The van der Waals surface area contributed by atoms with Crippen molar-refractivity contribution in [3.63, 3.8) is 0 Å². The van der Waals surface area contributed by atoms with E-state index >= 15 is 0 Å². The molecule has 1 aromatic rings. The minimum atomic E-state index is -4.42. The van der Waals surface area contributed by atoms with Crippen LogP contribution in [0.25, 0.3) is 0 Å². The highest BCUT2D eigenvalue weighted by Crippen LogP contribution is 2.34. The van der Waals surface area contributed by atoms with Gasteiger partial charge in [-0.1, -0.05) is 17.8 Å². The van der Waals surface area contributed by atoms with Gasteiger partial charge < -0.3 is 0 Å². The molecule has 4 nitrogen and oxygen atoms in total. The molecule has 1 fully saturated rings. The summed E-state index contributed by atoms with van der Waals surface area (Å²) in [4.78, 5) is 0. The highest BCUT2D eigenvalue weighted by Gasteiger charge is 2.36. The summed E-state index contributed by atoms with van der Waals surface area (Å²) >= 11 is 0.538. The van der Waals surface area contributed by atoms with Crippen molar-refractivity contribution in [2.45, 2.75) is 51.4 Å². The van der Waals surface area contributed by atoms with Gasteiger partial charge in [-0.2, -0.15) is 13.2 Å². The Bertz CT molecular complexity index is 396. The Hall–Kier alpha value is -0.890. The standard InChI is InChI=1S/C10H15F3N4S/c1-6-4-3-5-7(2)17(6)16-9-15-14-8(18-9)10(11,12)13/h6-7H,3-5H2,1-2H3,(H,15,16). The minimum Gasteiger partial charge on any atom is -0.292 e. The number of alkyl halides is 3. The summed E-state index contributed by atoms with van der Waals surface area (Å²) in [5.41, 5.74) is 2.95. The molecule has 2 rings (SSSR count). The van der Waals surface area contributed by atoms with Crippen molar-refractivity contribution in [1.82, 2.24) is 15.2 Å². The average Bonchev–Trinajstić information content (AvgIpc) is 2.72. The lowest BCUT2D eigenvalue weighted by Gasteiger charge is -2.38. The highest BCUT2D eigenvalue weighted by molar-refractivity contribution is 7.15. The van der Waals surface area contributed by atoms with E-state index in [4.69, 9.17) is 0 Å². The number of rotatable bonds is 2. The number of anilines is 1. The van der Waals surface area contributed by atoms with Gasteiger partial charge in [0.1, 0.15) is 0 Å². The first kappa shape index (κ1) is 13.5.